The van der Waals surface area contributed by atoms with E-state index in [1.54, 1.807) is 35.7 Å². The average Bonchev–Trinajstić information content (AvgIpc) is 3.61. The lowest BCUT2D eigenvalue weighted by Crippen LogP contribution is -2.42. The molecule has 2 aromatic carbocycles. The van der Waals surface area contributed by atoms with Crippen LogP contribution in [-0.4, -0.2) is 32.9 Å². The highest BCUT2D eigenvalue weighted by atomic mass is 32.1. The topological polar surface area (TPSA) is 133 Å². The number of aromatic amines is 1. The van der Waals surface area contributed by atoms with Crippen LogP contribution in [0.2, 0.25) is 0 Å². The number of nitrogen functional groups attached to an aromatic ring is 1. The van der Waals surface area contributed by atoms with Gasteiger partial charge >= 0.3 is 0 Å². The number of hydrogen-bond donors (Lipinski definition) is 4. The second-order valence-corrected chi connectivity index (χ2v) is 11.0. The molecule has 2 atom stereocenters. The first kappa shape index (κ1) is 27.3. The van der Waals surface area contributed by atoms with Crippen LogP contribution in [0, 0.1) is 28.8 Å². The number of carbonyl (C=O) groups is 1. The van der Waals surface area contributed by atoms with Gasteiger partial charge in [-0.05, 0) is 37.3 Å². The number of nitrogens with one attached hydrogen (secondary N) is 3. The number of pyridine rings is 1. The average molecular weight is 588 g/mol. The zero-order valence-electron chi connectivity index (χ0n) is 22.0. The summed E-state index contributed by atoms with van der Waals surface area (Å²) in [6, 6.07) is 12.1. The second kappa shape index (κ2) is 11.2. The van der Waals surface area contributed by atoms with Crippen LogP contribution >= 0.6 is 11.3 Å². The lowest BCUT2D eigenvalue weighted by atomic mass is 9.90. The van der Waals surface area contributed by atoms with Crippen molar-refractivity contribution in [2.75, 3.05) is 11.1 Å². The van der Waals surface area contributed by atoms with Gasteiger partial charge in [-0.15, -0.1) is 11.3 Å². The third kappa shape index (κ3) is 5.14. The molecule has 3 heterocycles. The molecule has 1 saturated carbocycles. The number of rotatable bonds is 6. The quantitative estimate of drug-likeness (QED) is 0.182. The maximum absolute atomic E-state index is 16.3. The lowest BCUT2D eigenvalue weighted by molar-refractivity contribution is 0.0922. The molecule has 5 aromatic rings. The Morgan fingerprint density at radius 2 is 1.90 bits per heavy atom. The number of halogens is 3. The van der Waals surface area contributed by atoms with Crippen molar-refractivity contribution in [2.24, 2.45) is 0 Å². The molecule has 3 aromatic heterocycles. The molecule has 5 N–H and O–H groups in total. The maximum atomic E-state index is 16.3. The Hall–Kier alpha value is -4.89. The van der Waals surface area contributed by atoms with Gasteiger partial charge in [0.25, 0.3) is 5.91 Å². The van der Waals surface area contributed by atoms with Crippen molar-refractivity contribution in [2.45, 2.75) is 37.8 Å². The number of thiazole rings is 1. The molecule has 212 valence electrons. The Kier molecular flexibility index (Phi) is 7.26. The first-order valence-corrected chi connectivity index (χ1v) is 14.1. The summed E-state index contributed by atoms with van der Waals surface area (Å²) < 4.78 is 45.0. The largest absolute Gasteiger partial charge is 0.375 e. The predicted molar refractivity (Wildman–Crippen MR) is 155 cm³/mol. The molecular weight excluding hydrogens is 563 g/mol. The Bertz CT molecular complexity index is 1850. The van der Waals surface area contributed by atoms with Crippen molar-refractivity contribution in [3.05, 3.63) is 82.8 Å². The van der Waals surface area contributed by atoms with Gasteiger partial charge in [-0.25, -0.2) is 23.1 Å². The fourth-order valence-corrected chi connectivity index (χ4v) is 6.03. The summed E-state index contributed by atoms with van der Waals surface area (Å²) in [4.78, 5) is 24.0. The number of anilines is 2. The van der Waals surface area contributed by atoms with Crippen LogP contribution in [0.5, 0.6) is 0 Å². The first-order valence-electron chi connectivity index (χ1n) is 13.3. The fraction of sp³-hybridized carbons (Fsp3) is 0.200. The van der Waals surface area contributed by atoms with Gasteiger partial charge in [0.1, 0.15) is 23.4 Å². The van der Waals surface area contributed by atoms with Crippen molar-refractivity contribution < 1.29 is 18.0 Å². The molecule has 1 aliphatic rings. The monoisotopic (exact) mass is 587 g/mol. The van der Waals surface area contributed by atoms with Crippen LogP contribution in [0.15, 0.2) is 54.0 Å². The first-order chi connectivity index (χ1) is 20.3. The Balaban J connectivity index is 1.39. The molecule has 0 spiro atoms. The van der Waals surface area contributed by atoms with Crippen LogP contribution < -0.4 is 16.4 Å². The van der Waals surface area contributed by atoms with Crippen LogP contribution in [-0.2, 0) is 0 Å². The number of H-pyrrole nitrogens is 1. The smallest absolute Gasteiger partial charge is 0.271 e. The molecule has 0 bridgehead atoms. The van der Waals surface area contributed by atoms with Crippen molar-refractivity contribution in [1.82, 2.24) is 20.3 Å². The lowest BCUT2D eigenvalue weighted by Gasteiger charge is -2.31. The van der Waals surface area contributed by atoms with E-state index in [4.69, 9.17) is 5.73 Å². The summed E-state index contributed by atoms with van der Waals surface area (Å²) in [5.74, 6) is -2.74. The molecule has 8 nitrogen and oxygen atoms in total. The van der Waals surface area contributed by atoms with Gasteiger partial charge in [0, 0.05) is 46.2 Å². The molecule has 6 rings (SSSR count). The number of benzene rings is 2. The van der Waals surface area contributed by atoms with Crippen LogP contribution in [0.3, 0.4) is 0 Å². The Morgan fingerprint density at radius 3 is 2.64 bits per heavy atom. The van der Waals surface area contributed by atoms with Crippen molar-refractivity contribution in [1.29, 1.82) is 5.26 Å². The van der Waals surface area contributed by atoms with Gasteiger partial charge < -0.3 is 21.4 Å². The van der Waals surface area contributed by atoms with Gasteiger partial charge in [0.2, 0.25) is 0 Å². The minimum atomic E-state index is -0.797. The summed E-state index contributed by atoms with van der Waals surface area (Å²) in [5, 5.41) is 18.4. The van der Waals surface area contributed by atoms with Gasteiger partial charge in [-0.2, -0.15) is 5.26 Å². The standard InChI is InChI=1S/C30H24F3N7OS/c31-16-9-19-21(13-36-27(19)22(32)10-16)26-20(12-34)24(15-5-2-1-3-6-15)25(33)28(40-26)37-17-7-4-8-18(11-17)38-29(41)23-14-42-30(35)39-23/h1-3,5-6,9-10,13-14,17-18,36H,4,7-8,11H2,(H2,35,39)(H,37,40)(H,38,41). The van der Waals surface area contributed by atoms with E-state index in [9.17, 15) is 18.8 Å². The minimum absolute atomic E-state index is 0.0265. The summed E-state index contributed by atoms with van der Waals surface area (Å²) >= 11 is 1.18. The highest BCUT2D eigenvalue weighted by Gasteiger charge is 2.29. The molecule has 0 radical (unpaired) electrons. The summed E-state index contributed by atoms with van der Waals surface area (Å²) in [7, 11) is 0. The van der Waals surface area contributed by atoms with Crippen LogP contribution in [0.25, 0.3) is 33.3 Å². The highest BCUT2D eigenvalue weighted by Crippen LogP contribution is 2.39. The predicted octanol–water partition coefficient (Wildman–Crippen LogP) is 6.38. The highest BCUT2D eigenvalue weighted by molar-refractivity contribution is 7.13. The van der Waals surface area contributed by atoms with Crippen LogP contribution in [0.4, 0.5) is 24.1 Å². The number of nitrogens with two attached hydrogens (primary N) is 1. The summed E-state index contributed by atoms with van der Waals surface area (Å²) in [6.07, 6.45) is 4.12. The fourth-order valence-electron chi connectivity index (χ4n) is 5.49. The minimum Gasteiger partial charge on any atom is -0.375 e. The van der Waals surface area contributed by atoms with E-state index >= 15 is 4.39 Å². The summed E-state index contributed by atoms with van der Waals surface area (Å²) in [6.45, 7) is 0. The normalized spacial score (nSPS) is 16.7. The van der Waals surface area contributed by atoms with E-state index in [0.29, 0.717) is 23.5 Å². The molecule has 1 amide bonds. The van der Waals surface area contributed by atoms with Gasteiger partial charge in [-0.1, -0.05) is 30.3 Å². The number of aromatic nitrogens is 3. The third-order valence-corrected chi connectivity index (χ3v) is 8.05. The van der Waals surface area contributed by atoms with Gasteiger partial charge in [-0.3, -0.25) is 4.79 Å². The van der Waals surface area contributed by atoms with E-state index in [-0.39, 0.29) is 62.8 Å². The number of carbonyl (C=O) groups excluding carboxylic acids is 1. The Labute approximate surface area is 242 Å². The number of nitriles is 1. The molecule has 12 heteroatoms. The van der Waals surface area contributed by atoms with Crippen molar-refractivity contribution in [3.8, 4) is 28.5 Å². The summed E-state index contributed by atoms with van der Waals surface area (Å²) in [5.41, 5.74) is 6.70. The van der Waals surface area contributed by atoms with Crippen molar-refractivity contribution in [3.63, 3.8) is 0 Å². The number of hydrogen-bond acceptors (Lipinski definition) is 7. The molecule has 1 aliphatic carbocycles. The van der Waals surface area contributed by atoms with E-state index in [0.717, 1.165) is 25.0 Å². The number of nitrogens with zero attached hydrogens (tertiary/aromatic N) is 3. The van der Waals surface area contributed by atoms with E-state index in [1.807, 2.05) is 0 Å². The molecule has 1 fully saturated rings. The van der Waals surface area contributed by atoms with Gasteiger partial charge in [0.15, 0.2) is 16.8 Å². The van der Waals surface area contributed by atoms with E-state index in [2.05, 4.69) is 31.7 Å². The van der Waals surface area contributed by atoms with Crippen LogP contribution in [0.1, 0.15) is 41.7 Å². The zero-order valence-corrected chi connectivity index (χ0v) is 22.9. The Morgan fingerprint density at radius 1 is 1.12 bits per heavy atom. The van der Waals surface area contributed by atoms with Crippen molar-refractivity contribution >= 4 is 39.1 Å². The molecule has 2 unspecified atom stereocenters. The number of amides is 1. The maximum Gasteiger partial charge on any atom is 0.271 e. The molecule has 0 saturated heterocycles. The molecular formula is C30H24F3N7OS. The van der Waals surface area contributed by atoms with Gasteiger partial charge in [0.05, 0.1) is 16.8 Å². The van der Waals surface area contributed by atoms with E-state index < -0.39 is 17.5 Å². The molecule has 0 aliphatic heterocycles. The van der Waals surface area contributed by atoms with E-state index in [1.165, 1.54) is 17.5 Å². The third-order valence-electron chi connectivity index (χ3n) is 7.38. The zero-order chi connectivity index (χ0) is 29.4. The molecule has 42 heavy (non-hydrogen) atoms. The SMILES string of the molecule is N#Cc1c(-c2c[nH]c3c(F)cc(F)cc23)nc(NC2CCCC(NC(=O)c3csc(N)n3)C2)c(F)c1-c1ccccc1. The number of fused-ring (bicyclic) bond motifs is 1. The second-order valence-electron chi connectivity index (χ2n) is 10.1.